The Morgan fingerprint density at radius 2 is 2.00 bits per heavy atom. The molecule has 3 rings (SSSR count). The summed E-state index contributed by atoms with van der Waals surface area (Å²) in [4.78, 5) is 39.2. The molecule has 0 aliphatic carbocycles. The Labute approximate surface area is 145 Å². The standard InChI is InChI=1S/C18H21FN2O4/c1-11-6-7-20(15(8-11)18(24)25)17(23)12-9-16(22)21(10-12)14-5-3-2-4-13(14)19/h2-5,11-12,15H,6-10H2,1H3,(H,24,25). The Balaban J connectivity index is 1.76. The zero-order valence-electron chi connectivity index (χ0n) is 14.0. The molecule has 0 aromatic heterocycles. The summed E-state index contributed by atoms with van der Waals surface area (Å²) in [5.41, 5.74) is 0.157. The van der Waals surface area contributed by atoms with E-state index in [4.69, 9.17) is 0 Å². The number of piperidine rings is 1. The highest BCUT2D eigenvalue weighted by molar-refractivity contribution is 6.01. The van der Waals surface area contributed by atoms with Crippen molar-refractivity contribution in [3.05, 3.63) is 30.1 Å². The molecule has 1 aromatic rings. The highest BCUT2D eigenvalue weighted by Crippen LogP contribution is 2.31. The molecule has 1 aromatic carbocycles. The van der Waals surface area contributed by atoms with E-state index < -0.39 is 23.7 Å². The summed E-state index contributed by atoms with van der Waals surface area (Å²) < 4.78 is 13.9. The average Bonchev–Trinajstić information content (AvgIpc) is 2.96. The van der Waals surface area contributed by atoms with Crippen molar-refractivity contribution in [3.8, 4) is 0 Å². The summed E-state index contributed by atoms with van der Waals surface area (Å²) in [6.45, 7) is 2.43. The van der Waals surface area contributed by atoms with E-state index in [0.717, 1.165) is 6.42 Å². The van der Waals surface area contributed by atoms with E-state index in [0.29, 0.717) is 13.0 Å². The van der Waals surface area contributed by atoms with Crippen LogP contribution in [0.1, 0.15) is 26.2 Å². The van der Waals surface area contributed by atoms with Crippen LogP contribution in [-0.2, 0) is 14.4 Å². The molecule has 25 heavy (non-hydrogen) atoms. The Hall–Kier alpha value is -2.44. The first-order valence-electron chi connectivity index (χ1n) is 8.46. The minimum Gasteiger partial charge on any atom is -0.480 e. The molecule has 2 aliphatic heterocycles. The summed E-state index contributed by atoms with van der Waals surface area (Å²) in [5.74, 6) is -2.57. The van der Waals surface area contributed by atoms with Gasteiger partial charge in [0.25, 0.3) is 0 Å². The highest BCUT2D eigenvalue weighted by atomic mass is 19.1. The molecule has 3 atom stereocenters. The molecule has 2 aliphatic rings. The molecule has 134 valence electrons. The number of halogens is 1. The second-order valence-corrected chi connectivity index (χ2v) is 6.87. The van der Waals surface area contributed by atoms with Gasteiger partial charge in [0.05, 0.1) is 11.6 Å². The van der Waals surface area contributed by atoms with Gasteiger partial charge >= 0.3 is 5.97 Å². The summed E-state index contributed by atoms with van der Waals surface area (Å²) in [7, 11) is 0. The number of rotatable bonds is 3. The number of aliphatic carboxylic acids is 1. The second-order valence-electron chi connectivity index (χ2n) is 6.87. The molecule has 7 heteroatoms. The summed E-state index contributed by atoms with van der Waals surface area (Å²) >= 11 is 0. The predicted molar refractivity (Wildman–Crippen MR) is 88.4 cm³/mol. The number of likely N-dealkylation sites (tertiary alicyclic amines) is 1. The lowest BCUT2D eigenvalue weighted by atomic mass is 9.91. The van der Waals surface area contributed by atoms with Crippen LogP contribution in [0.4, 0.5) is 10.1 Å². The molecule has 2 saturated heterocycles. The number of hydrogen-bond acceptors (Lipinski definition) is 3. The molecule has 1 N–H and O–H groups in total. The van der Waals surface area contributed by atoms with Crippen LogP contribution < -0.4 is 4.90 Å². The normalized spacial score (nSPS) is 26.8. The summed E-state index contributed by atoms with van der Waals surface area (Å²) in [6, 6.07) is 5.09. The van der Waals surface area contributed by atoms with Gasteiger partial charge in [-0.15, -0.1) is 0 Å². The third-order valence-corrected chi connectivity index (χ3v) is 5.05. The topological polar surface area (TPSA) is 77.9 Å². The molecule has 6 nitrogen and oxygen atoms in total. The van der Waals surface area contributed by atoms with Crippen LogP contribution in [0.5, 0.6) is 0 Å². The fourth-order valence-corrected chi connectivity index (χ4v) is 3.65. The maximum atomic E-state index is 13.9. The van der Waals surface area contributed by atoms with Crippen LogP contribution in [0.25, 0.3) is 0 Å². The van der Waals surface area contributed by atoms with Crippen molar-refractivity contribution in [1.29, 1.82) is 0 Å². The zero-order chi connectivity index (χ0) is 18.1. The Morgan fingerprint density at radius 1 is 1.28 bits per heavy atom. The van der Waals surface area contributed by atoms with Crippen LogP contribution in [0, 0.1) is 17.7 Å². The van der Waals surface area contributed by atoms with E-state index in [9.17, 15) is 23.9 Å². The number of anilines is 1. The number of nitrogens with zero attached hydrogens (tertiary/aromatic N) is 2. The first-order chi connectivity index (χ1) is 11.9. The lowest BCUT2D eigenvalue weighted by Gasteiger charge is -2.37. The molecule has 0 saturated carbocycles. The van der Waals surface area contributed by atoms with Gasteiger partial charge in [0.1, 0.15) is 11.9 Å². The lowest BCUT2D eigenvalue weighted by Crippen LogP contribution is -2.52. The monoisotopic (exact) mass is 348 g/mol. The fourth-order valence-electron chi connectivity index (χ4n) is 3.65. The molecule has 0 spiro atoms. The van der Waals surface area contributed by atoms with Crippen LogP contribution >= 0.6 is 0 Å². The minimum atomic E-state index is -1.02. The minimum absolute atomic E-state index is 0.0223. The van der Waals surface area contributed by atoms with Gasteiger partial charge in [-0.2, -0.15) is 0 Å². The maximum Gasteiger partial charge on any atom is 0.326 e. The first-order valence-corrected chi connectivity index (χ1v) is 8.46. The Kier molecular flexibility index (Phi) is 4.74. The number of hydrogen-bond donors (Lipinski definition) is 1. The van der Waals surface area contributed by atoms with Crippen molar-refractivity contribution in [1.82, 2.24) is 4.90 Å². The quantitative estimate of drug-likeness (QED) is 0.905. The van der Waals surface area contributed by atoms with Crippen molar-refractivity contribution in [2.75, 3.05) is 18.0 Å². The summed E-state index contributed by atoms with van der Waals surface area (Å²) in [6.07, 6.45) is 1.14. The van der Waals surface area contributed by atoms with Crippen LogP contribution in [0.15, 0.2) is 24.3 Å². The van der Waals surface area contributed by atoms with Gasteiger partial charge < -0.3 is 14.9 Å². The summed E-state index contributed by atoms with van der Waals surface area (Å²) in [5, 5.41) is 9.42. The van der Waals surface area contributed by atoms with Gasteiger partial charge in [-0.05, 0) is 30.9 Å². The van der Waals surface area contributed by atoms with E-state index in [1.807, 2.05) is 6.92 Å². The van der Waals surface area contributed by atoms with Gasteiger partial charge in [0.15, 0.2) is 0 Å². The van der Waals surface area contributed by atoms with E-state index in [-0.39, 0.29) is 36.4 Å². The third kappa shape index (κ3) is 3.36. The van der Waals surface area contributed by atoms with E-state index in [1.54, 1.807) is 6.07 Å². The van der Waals surface area contributed by atoms with Gasteiger partial charge in [-0.25, -0.2) is 9.18 Å². The molecule has 0 radical (unpaired) electrons. The zero-order valence-corrected chi connectivity index (χ0v) is 14.0. The van der Waals surface area contributed by atoms with E-state index >= 15 is 0 Å². The van der Waals surface area contributed by atoms with Crippen molar-refractivity contribution in [3.63, 3.8) is 0 Å². The number of benzene rings is 1. The SMILES string of the molecule is CC1CCN(C(=O)C2CC(=O)N(c3ccccc3F)C2)C(C(=O)O)C1. The predicted octanol–water partition coefficient (Wildman–Crippen LogP) is 1.89. The van der Waals surface area contributed by atoms with Crippen molar-refractivity contribution in [2.45, 2.75) is 32.2 Å². The fraction of sp³-hybridized carbons (Fsp3) is 0.500. The van der Waals surface area contributed by atoms with Gasteiger partial charge in [-0.1, -0.05) is 19.1 Å². The Bertz CT molecular complexity index is 708. The molecule has 3 unspecified atom stereocenters. The van der Waals surface area contributed by atoms with Crippen LogP contribution in [0.3, 0.4) is 0 Å². The lowest BCUT2D eigenvalue weighted by molar-refractivity contribution is -0.154. The molecular formula is C18H21FN2O4. The van der Waals surface area contributed by atoms with Crippen LogP contribution in [-0.4, -0.2) is 46.9 Å². The Morgan fingerprint density at radius 3 is 2.68 bits per heavy atom. The van der Waals surface area contributed by atoms with E-state index in [2.05, 4.69) is 0 Å². The molecule has 0 bridgehead atoms. The third-order valence-electron chi connectivity index (χ3n) is 5.05. The van der Waals surface area contributed by atoms with Gasteiger partial charge in [-0.3, -0.25) is 9.59 Å². The molecular weight excluding hydrogens is 327 g/mol. The maximum absolute atomic E-state index is 13.9. The number of carboxylic acids is 1. The number of carboxylic acid groups (broad SMARTS) is 1. The molecule has 2 amide bonds. The van der Waals surface area contributed by atoms with Crippen LogP contribution in [0.2, 0.25) is 0 Å². The van der Waals surface area contributed by atoms with Gasteiger partial charge in [0, 0.05) is 19.5 Å². The largest absolute Gasteiger partial charge is 0.480 e. The van der Waals surface area contributed by atoms with Crippen molar-refractivity contribution >= 4 is 23.5 Å². The number of carbonyl (C=O) groups is 3. The molecule has 2 heterocycles. The van der Waals surface area contributed by atoms with Gasteiger partial charge in [0.2, 0.25) is 11.8 Å². The number of carbonyl (C=O) groups excluding carboxylic acids is 2. The number of para-hydroxylation sites is 1. The molecule has 2 fully saturated rings. The smallest absolute Gasteiger partial charge is 0.326 e. The second kappa shape index (κ2) is 6.82. The van der Waals surface area contributed by atoms with E-state index in [1.165, 1.54) is 28.0 Å². The average molecular weight is 348 g/mol. The van der Waals surface area contributed by atoms with Crippen molar-refractivity contribution < 1.29 is 23.9 Å². The highest BCUT2D eigenvalue weighted by Gasteiger charge is 2.42. The van der Waals surface area contributed by atoms with Crippen molar-refractivity contribution in [2.24, 2.45) is 11.8 Å². The number of amides is 2. The first kappa shape index (κ1) is 17.4.